The van der Waals surface area contributed by atoms with Crippen molar-refractivity contribution in [3.8, 4) is 22.6 Å². The van der Waals surface area contributed by atoms with E-state index in [2.05, 4.69) is 5.32 Å². The molecule has 0 aliphatic rings. The molecule has 3 aromatic carbocycles. The number of amides is 1. The van der Waals surface area contributed by atoms with Crippen LogP contribution in [0.5, 0.6) is 11.5 Å². The zero-order chi connectivity index (χ0) is 22.5. The second-order valence-electron chi connectivity index (χ2n) is 6.98. The summed E-state index contributed by atoms with van der Waals surface area (Å²) in [6.07, 6.45) is 0. The van der Waals surface area contributed by atoms with Crippen molar-refractivity contribution in [2.75, 3.05) is 18.5 Å². The van der Waals surface area contributed by atoms with Gasteiger partial charge in [-0.25, -0.2) is 4.79 Å². The van der Waals surface area contributed by atoms with Gasteiger partial charge in [0.2, 0.25) is 5.76 Å². The van der Waals surface area contributed by atoms with Gasteiger partial charge in [-0.1, -0.05) is 48.5 Å². The van der Waals surface area contributed by atoms with Crippen molar-refractivity contribution < 1.29 is 18.7 Å². The zero-order valence-electron chi connectivity index (χ0n) is 17.9. The molecule has 0 radical (unpaired) electrons. The minimum atomic E-state index is -0.571. The lowest BCUT2D eigenvalue weighted by atomic mass is 9.98. The summed E-state index contributed by atoms with van der Waals surface area (Å²) in [6, 6.07) is 21.7. The fraction of sp³-hybridized carbons (Fsp3) is 0.154. The smallest absolute Gasteiger partial charge is 0.344 e. The number of fused-ring (bicyclic) bond motifs is 1. The Morgan fingerprint density at radius 3 is 2.28 bits per heavy atom. The van der Waals surface area contributed by atoms with Crippen molar-refractivity contribution in [2.45, 2.75) is 13.8 Å². The van der Waals surface area contributed by atoms with Gasteiger partial charge in [-0.3, -0.25) is 4.79 Å². The quantitative estimate of drug-likeness (QED) is 0.419. The Morgan fingerprint density at radius 2 is 1.56 bits per heavy atom. The lowest BCUT2D eigenvalue weighted by Crippen LogP contribution is -2.17. The Labute approximate surface area is 185 Å². The third-order valence-electron chi connectivity index (χ3n) is 4.92. The van der Waals surface area contributed by atoms with E-state index in [0.29, 0.717) is 46.7 Å². The first-order valence-electron chi connectivity index (χ1n) is 10.4. The summed E-state index contributed by atoms with van der Waals surface area (Å²) >= 11 is 0. The average molecular weight is 429 g/mol. The van der Waals surface area contributed by atoms with Crippen LogP contribution in [0, 0.1) is 0 Å². The average Bonchev–Trinajstić information content (AvgIpc) is 2.81. The van der Waals surface area contributed by atoms with Crippen molar-refractivity contribution >= 4 is 22.4 Å². The highest BCUT2D eigenvalue weighted by atomic mass is 16.5. The Kier molecular flexibility index (Phi) is 6.22. The molecule has 0 aliphatic heterocycles. The zero-order valence-corrected chi connectivity index (χ0v) is 17.9. The van der Waals surface area contributed by atoms with Crippen LogP contribution in [0.15, 0.2) is 82.0 Å². The van der Waals surface area contributed by atoms with Gasteiger partial charge < -0.3 is 19.2 Å². The van der Waals surface area contributed by atoms with Crippen molar-refractivity contribution in [1.82, 2.24) is 0 Å². The van der Waals surface area contributed by atoms with E-state index in [1.165, 1.54) is 0 Å². The number of hydrogen-bond donors (Lipinski definition) is 1. The van der Waals surface area contributed by atoms with Gasteiger partial charge in [0.1, 0.15) is 11.5 Å². The molecule has 0 aliphatic carbocycles. The first-order chi connectivity index (χ1) is 15.6. The van der Waals surface area contributed by atoms with Gasteiger partial charge in [-0.2, -0.15) is 0 Å². The van der Waals surface area contributed by atoms with Crippen molar-refractivity contribution in [1.29, 1.82) is 0 Å². The molecule has 0 atom stereocenters. The number of hydrogen-bond acceptors (Lipinski definition) is 5. The minimum absolute atomic E-state index is 0.0656. The highest BCUT2D eigenvalue weighted by Crippen LogP contribution is 2.33. The molecule has 6 heteroatoms. The van der Waals surface area contributed by atoms with Gasteiger partial charge >= 0.3 is 5.63 Å². The highest BCUT2D eigenvalue weighted by Gasteiger charge is 2.22. The number of rotatable bonds is 7. The van der Waals surface area contributed by atoms with Gasteiger partial charge in [-0.15, -0.1) is 0 Å². The van der Waals surface area contributed by atoms with Crippen LogP contribution in [0.1, 0.15) is 24.4 Å². The molecule has 32 heavy (non-hydrogen) atoms. The molecule has 162 valence electrons. The summed E-state index contributed by atoms with van der Waals surface area (Å²) in [6.45, 7) is 4.65. The maximum Gasteiger partial charge on any atom is 0.344 e. The summed E-state index contributed by atoms with van der Waals surface area (Å²) < 4.78 is 16.8. The van der Waals surface area contributed by atoms with E-state index >= 15 is 0 Å². The number of carbonyl (C=O) groups is 1. The standard InChI is InChI=1S/C26H23NO5/c1-3-30-18-14-15-22(31-4-2)21(16-18)27-25(28)24-23(17-10-6-5-7-11-17)19-12-8-9-13-20(19)26(29)32-24/h5-16H,3-4H2,1-2H3,(H,27,28). The topological polar surface area (TPSA) is 77.8 Å². The Morgan fingerprint density at radius 1 is 0.875 bits per heavy atom. The van der Waals surface area contributed by atoms with Gasteiger partial charge in [-0.05, 0) is 37.6 Å². The fourth-order valence-electron chi connectivity index (χ4n) is 3.58. The Balaban J connectivity index is 1.85. The maximum absolute atomic E-state index is 13.4. The molecular weight excluding hydrogens is 406 g/mol. The van der Waals surface area contributed by atoms with Crippen molar-refractivity contribution in [3.63, 3.8) is 0 Å². The van der Waals surface area contributed by atoms with Crippen LogP contribution in [-0.4, -0.2) is 19.1 Å². The molecule has 0 spiro atoms. The van der Waals surface area contributed by atoms with Gasteiger partial charge in [0.25, 0.3) is 5.91 Å². The second-order valence-corrected chi connectivity index (χ2v) is 6.98. The number of anilines is 1. The van der Waals surface area contributed by atoms with E-state index in [4.69, 9.17) is 13.9 Å². The van der Waals surface area contributed by atoms with Crippen LogP contribution in [0.4, 0.5) is 5.69 Å². The molecule has 1 heterocycles. The second kappa shape index (κ2) is 9.39. The molecule has 4 aromatic rings. The van der Waals surface area contributed by atoms with E-state index in [1.807, 2.05) is 56.3 Å². The summed E-state index contributed by atoms with van der Waals surface area (Å²) in [5, 5.41) is 3.90. The third-order valence-corrected chi connectivity index (χ3v) is 4.92. The molecule has 4 rings (SSSR count). The Hall–Kier alpha value is -4.06. The molecule has 1 amide bonds. The van der Waals surface area contributed by atoms with Crippen molar-refractivity contribution in [3.05, 3.63) is 89.0 Å². The van der Waals surface area contributed by atoms with E-state index < -0.39 is 11.5 Å². The number of nitrogens with one attached hydrogen (secondary N) is 1. The summed E-state index contributed by atoms with van der Waals surface area (Å²) in [5.41, 5.74) is 1.18. The van der Waals surface area contributed by atoms with Crippen LogP contribution in [0.3, 0.4) is 0 Å². The summed E-state index contributed by atoms with van der Waals surface area (Å²) in [7, 11) is 0. The van der Waals surface area contributed by atoms with Gasteiger partial charge in [0.15, 0.2) is 0 Å². The van der Waals surface area contributed by atoms with Crippen LogP contribution < -0.4 is 20.4 Å². The predicted molar refractivity (Wildman–Crippen MR) is 125 cm³/mol. The van der Waals surface area contributed by atoms with Crippen molar-refractivity contribution in [2.24, 2.45) is 0 Å². The lowest BCUT2D eigenvalue weighted by molar-refractivity contribution is 0.0993. The molecular formula is C26H23NO5. The van der Waals surface area contributed by atoms with Gasteiger partial charge in [0.05, 0.1) is 24.3 Å². The molecule has 0 unspecified atom stereocenters. The molecule has 0 bridgehead atoms. The van der Waals surface area contributed by atoms with E-state index in [1.54, 1.807) is 30.3 Å². The Bertz CT molecular complexity index is 1310. The maximum atomic E-state index is 13.4. The molecule has 1 aromatic heterocycles. The first kappa shape index (κ1) is 21.2. The molecule has 6 nitrogen and oxygen atoms in total. The number of benzene rings is 3. The van der Waals surface area contributed by atoms with E-state index in [0.717, 1.165) is 5.56 Å². The van der Waals surface area contributed by atoms with Crippen LogP contribution in [0.2, 0.25) is 0 Å². The van der Waals surface area contributed by atoms with Gasteiger partial charge in [0, 0.05) is 17.0 Å². The minimum Gasteiger partial charge on any atom is -0.494 e. The number of ether oxygens (including phenoxy) is 2. The van der Waals surface area contributed by atoms with E-state index in [9.17, 15) is 9.59 Å². The largest absolute Gasteiger partial charge is 0.494 e. The SMILES string of the molecule is CCOc1ccc(OCC)c(NC(=O)c2oc(=O)c3ccccc3c2-c2ccccc2)c1. The third kappa shape index (κ3) is 4.21. The summed E-state index contributed by atoms with van der Waals surface area (Å²) in [4.78, 5) is 26.0. The first-order valence-corrected chi connectivity index (χ1v) is 10.4. The normalized spacial score (nSPS) is 10.7. The molecule has 0 saturated carbocycles. The fourth-order valence-corrected chi connectivity index (χ4v) is 3.58. The molecule has 0 fully saturated rings. The monoisotopic (exact) mass is 429 g/mol. The van der Waals surface area contributed by atoms with Crippen LogP contribution >= 0.6 is 0 Å². The lowest BCUT2D eigenvalue weighted by Gasteiger charge is -2.15. The highest BCUT2D eigenvalue weighted by molar-refractivity contribution is 6.12. The molecule has 1 N–H and O–H groups in total. The molecule has 0 saturated heterocycles. The van der Waals surface area contributed by atoms with Crippen LogP contribution in [0.25, 0.3) is 21.9 Å². The van der Waals surface area contributed by atoms with E-state index in [-0.39, 0.29) is 5.76 Å². The predicted octanol–water partition coefficient (Wildman–Crippen LogP) is 5.51. The van der Waals surface area contributed by atoms with Crippen LogP contribution in [-0.2, 0) is 0 Å². The number of carbonyl (C=O) groups excluding carboxylic acids is 1. The summed E-state index contributed by atoms with van der Waals surface area (Å²) in [5.74, 6) is 0.466.